The van der Waals surface area contributed by atoms with Gasteiger partial charge in [0.05, 0.1) is 18.2 Å². The zero-order chi connectivity index (χ0) is 17.0. The van der Waals surface area contributed by atoms with Gasteiger partial charge in [-0.2, -0.15) is 0 Å². The Balaban J connectivity index is 2.26. The molecule has 1 aromatic rings. The molecule has 0 aromatic carbocycles. The van der Waals surface area contributed by atoms with Crippen LogP contribution in [0.4, 0.5) is 5.00 Å². The summed E-state index contributed by atoms with van der Waals surface area (Å²) >= 11 is 1.51. The smallest absolute Gasteiger partial charge is 0.254 e. The number of carbonyl (C=O) groups excluding carboxylic acids is 2. The predicted octanol–water partition coefficient (Wildman–Crippen LogP) is 2.72. The lowest BCUT2D eigenvalue weighted by molar-refractivity contribution is -0.114. The quantitative estimate of drug-likeness (QED) is 0.746. The molecule has 1 aliphatic rings. The summed E-state index contributed by atoms with van der Waals surface area (Å²) in [5.41, 5.74) is 1.67. The largest absolute Gasteiger partial charge is 0.394 e. The van der Waals surface area contributed by atoms with Crippen molar-refractivity contribution in [3.63, 3.8) is 0 Å². The number of thiophene rings is 1. The molecule has 0 saturated heterocycles. The maximum Gasteiger partial charge on any atom is 0.254 e. The SMILES string of the molecule is CC(=O)Nc1sc2c(c1C(=O)NC(CO)CC(C)C)CCCC2. The van der Waals surface area contributed by atoms with Crippen molar-refractivity contribution in [1.82, 2.24) is 5.32 Å². The van der Waals surface area contributed by atoms with Crippen LogP contribution in [0.15, 0.2) is 0 Å². The molecule has 0 aliphatic heterocycles. The van der Waals surface area contributed by atoms with Crippen LogP contribution in [0.1, 0.15) is 60.8 Å². The molecule has 1 aliphatic carbocycles. The van der Waals surface area contributed by atoms with Crippen molar-refractivity contribution in [2.75, 3.05) is 11.9 Å². The average Bonchev–Trinajstić information content (AvgIpc) is 2.82. The van der Waals surface area contributed by atoms with E-state index in [0.29, 0.717) is 16.5 Å². The van der Waals surface area contributed by atoms with Crippen LogP contribution in [0.5, 0.6) is 0 Å². The number of fused-ring (bicyclic) bond motifs is 1. The molecule has 0 fully saturated rings. The maximum atomic E-state index is 12.8. The van der Waals surface area contributed by atoms with E-state index in [1.54, 1.807) is 0 Å². The van der Waals surface area contributed by atoms with Crippen LogP contribution < -0.4 is 10.6 Å². The first-order valence-electron chi connectivity index (χ1n) is 8.26. The van der Waals surface area contributed by atoms with Crippen LogP contribution >= 0.6 is 11.3 Å². The molecule has 128 valence electrons. The van der Waals surface area contributed by atoms with Gasteiger partial charge in [-0.25, -0.2) is 0 Å². The maximum absolute atomic E-state index is 12.8. The molecule has 2 rings (SSSR count). The Bertz CT molecular complexity index is 581. The number of aliphatic hydroxyl groups is 1. The minimum atomic E-state index is -0.258. The Labute approximate surface area is 141 Å². The fourth-order valence-electron chi connectivity index (χ4n) is 3.06. The highest BCUT2D eigenvalue weighted by atomic mass is 32.1. The van der Waals surface area contributed by atoms with Crippen molar-refractivity contribution in [2.24, 2.45) is 5.92 Å². The molecule has 0 radical (unpaired) electrons. The van der Waals surface area contributed by atoms with Gasteiger partial charge in [-0.05, 0) is 43.6 Å². The van der Waals surface area contributed by atoms with Crippen molar-refractivity contribution in [3.8, 4) is 0 Å². The summed E-state index contributed by atoms with van der Waals surface area (Å²) in [4.78, 5) is 25.4. The Morgan fingerprint density at radius 3 is 2.57 bits per heavy atom. The third-order valence-corrected chi connectivity index (χ3v) is 5.21. The van der Waals surface area contributed by atoms with Gasteiger partial charge >= 0.3 is 0 Å². The number of aryl methyl sites for hydroxylation is 1. The molecule has 0 saturated carbocycles. The number of carbonyl (C=O) groups is 2. The van der Waals surface area contributed by atoms with Crippen molar-refractivity contribution >= 4 is 28.2 Å². The summed E-state index contributed by atoms with van der Waals surface area (Å²) in [5.74, 6) is 0.0324. The van der Waals surface area contributed by atoms with E-state index in [-0.39, 0.29) is 24.5 Å². The van der Waals surface area contributed by atoms with Crippen molar-refractivity contribution < 1.29 is 14.7 Å². The third-order valence-electron chi connectivity index (χ3n) is 4.00. The monoisotopic (exact) mass is 338 g/mol. The fourth-order valence-corrected chi connectivity index (χ4v) is 4.39. The minimum absolute atomic E-state index is 0.0777. The van der Waals surface area contributed by atoms with Crippen LogP contribution in [0.2, 0.25) is 0 Å². The summed E-state index contributed by atoms with van der Waals surface area (Å²) in [7, 11) is 0. The number of amides is 2. The molecule has 0 bridgehead atoms. The Kier molecular flexibility index (Phi) is 6.18. The fraction of sp³-hybridized carbons (Fsp3) is 0.647. The molecule has 1 atom stereocenters. The van der Waals surface area contributed by atoms with Gasteiger partial charge in [0.1, 0.15) is 5.00 Å². The van der Waals surface area contributed by atoms with E-state index in [2.05, 4.69) is 24.5 Å². The molecule has 2 amide bonds. The Morgan fingerprint density at radius 2 is 1.96 bits per heavy atom. The summed E-state index contributed by atoms with van der Waals surface area (Å²) in [6.07, 6.45) is 4.76. The van der Waals surface area contributed by atoms with Gasteiger partial charge in [0.25, 0.3) is 5.91 Å². The molecule has 6 heteroatoms. The van der Waals surface area contributed by atoms with Gasteiger partial charge < -0.3 is 15.7 Å². The van der Waals surface area contributed by atoms with Crippen LogP contribution in [0.25, 0.3) is 0 Å². The van der Waals surface area contributed by atoms with E-state index in [1.165, 1.54) is 23.1 Å². The van der Waals surface area contributed by atoms with E-state index in [0.717, 1.165) is 37.7 Å². The lowest BCUT2D eigenvalue weighted by Crippen LogP contribution is -2.39. The number of anilines is 1. The number of hydrogen-bond donors (Lipinski definition) is 3. The topological polar surface area (TPSA) is 78.4 Å². The zero-order valence-corrected chi connectivity index (χ0v) is 14.9. The summed E-state index contributed by atoms with van der Waals surface area (Å²) in [6, 6.07) is -0.258. The Morgan fingerprint density at radius 1 is 1.26 bits per heavy atom. The summed E-state index contributed by atoms with van der Waals surface area (Å²) < 4.78 is 0. The molecule has 0 spiro atoms. The molecule has 1 unspecified atom stereocenters. The van der Waals surface area contributed by atoms with E-state index in [1.807, 2.05) is 0 Å². The minimum Gasteiger partial charge on any atom is -0.394 e. The number of aliphatic hydroxyl groups excluding tert-OH is 1. The first-order valence-corrected chi connectivity index (χ1v) is 9.07. The standard InChI is InChI=1S/C17H26N2O3S/c1-10(2)8-12(9-20)19-16(22)15-13-6-4-5-7-14(13)23-17(15)18-11(3)21/h10,12,20H,4-9H2,1-3H3,(H,18,21)(H,19,22). The van der Waals surface area contributed by atoms with Crippen molar-refractivity contribution in [3.05, 3.63) is 16.0 Å². The second-order valence-electron chi connectivity index (χ2n) is 6.58. The first kappa shape index (κ1) is 17.9. The van der Waals surface area contributed by atoms with Crippen LogP contribution in [0.3, 0.4) is 0 Å². The van der Waals surface area contributed by atoms with Crippen LogP contribution in [-0.4, -0.2) is 29.6 Å². The second kappa shape index (κ2) is 7.93. The lowest BCUT2D eigenvalue weighted by atomic mass is 9.95. The first-order chi connectivity index (χ1) is 10.9. The van der Waals surface area contributed by atoms with Gasteiger partial charge in [0, 0.05) is 11.8 Å². The molecule has 23 heavy (non-hydrogen) atoms. The summed E-state index contributed by atoms with van der Waals surface area (Å²) in [5, 5.41) is 15.9. The van der Waals surface area contributed by atoms with Gasteiger partial charge in [-0.15, -0.1) is 11.3 Å². The van der Waals surface area contributed by atoms with Crippen molar-refractivity contribution in [1.29, 1.82) is 0 Å². The molecule has 5 nitrogen and oxygen atoms in total. The number of hydrogen-bond acceptors (Lipinski definition) is 4. The molecule has 3 N–H and O–H groups in total. The highest BCUT2D eigenvalue weighted by Gasteiger charge is 2.27. The zero-order valence-electron chi connectivity index (χ0n) is 14.1. The summed E-state index contributed by atoms with van der Waals surface area (Å²) in [6.45, 7) is 5.50. The highest BCUT2D eigenvalue weighted by molar-refractivity contribution is 7.17. The predicted molar refractivity (Wildman–Crippen MR) is 93.1 cm³/mol. The highest BCUT2D eigenvalue weighted by Crippen LogP contribution is 2.38. The average molecular weight is 338 g/mol. The van der Waals surface area contributed by atoms with Gasteiger partial charge in [-0.1, -0.05) is 13.8 Å². The van der Waals surface area contributed by atoms with E-state index >= 15 is 0 Å². The van der Waals surface area contributed by atoms with Crippen LogP contribution in [-0.2, 0) is 17.6 Å². The van der Waals surface area contributed by atoms with Crippen LogP contribution in [0, 0.1) is 5.92 Å². The number of nitrogens with one attached hydrogen (secondary N) is 2. The number of rotatable bonds is 6. The van der Waals surface area contributed by atoms with Gasteiger partial charge in [0.2, 0.25) is 5.91 Å². The van der Waals surface area contributed by atoms with E-state index in [4.69, 9.17) is 0 Å². The third kappa shape index (κ3) is 4.54. The van der Waals surface area contributed by atoms with Gasteiger partial charge in [0.15, 0.2) is 0 Å². The normalized spacial score (nSPS) is 15.2. The molecule has 1 aromatic heterocycles. The van der Waals surface area contributed by atoms with E-state index < -0.39 is 0 Å². The van der Waals surface area contributed by atoms with E-state index in [9.17, 15) is 14.7 Å². The second-order valence-corrected chi connectivity index (χ2v) is 7.68. The molecule has 1 heterocycles. The van der Waals surface area contributed by atoms with Gasteiger partial charge in [-0.3, -0.25) is 9.59 Å². The Hall–Kier alpha value is -1.40. The van der Waals surface area contributed by atoms with Crippen molar-refractivity contribution in [2.45, 2.75) is 58.9 Å². The lowest BCUT2D eigenvalue weighted by Gasteiger charge is -2.19. The molecular formula is C17H26N2O3S. The molecular weight excluding hydrogens is 312 g/mol.